The van der Waals surface area contributed by atoms with Gasteiger partial charge in [0.15, 0.2) is 0 Å². The fourth-order valence-corrected chi connectivity index (χ4v) is 2.04. The predicted octanol–water partition coefficient (Wildman–Crippen LogP) is -0.260. The van der Waals surface area contributed by atoms with E-state index in [0.717, 1.165) is 19.4 Å². The molecule has 0 saturated carbocycles. The van der Waals surface area contributed by atoms with Crippen molar-refractivity contribution in [2.24, 2.45) is 0 Å². The molecule has 1 rings (SSSR count). The van der Waals surface area contributed by atoms with Crippen LogP contribution in [0.2, 0.25) is 0 Å². The van der Waals surface area contributed by atoms with Crippen molar-refractivity contribution < 1.29 is 23.9 Å². The molecule has 7 heteroatoms. The lowest BCUT2D eigenvalue weighted by molar-refractivity contribution is -0.159. The first-order chi connectivity index (χ1) is 9.58. The molecular formula is C13H22N2O5. The molecular weight excluding hydrogens is 264 g/mol. The van der Waals surface area contributed by atoms with Crippen molar-refractivity contribution in [1.82, 2.24) is 10.6 Å². The molecule has 1 heterocycles. The van der Waals surface area contributed by atoms with Gasteiger partial charge in [-0.05, 0) is 33.2 Å². The molecule has 114 valence electrons. The van der Waals surface area contributed by atoms with Gasteiger partial charge in [0, 0.05) is 12.5 Å². The van der Waals surface area contributed by atoms with E-state index < -0.39 is 18.0 Å². The molecule has 1 amide bonds. The Morgan fingerprint density at radius 1 is 1.20 bits per heavy atom. The van der Waals surface area contributed by atoms with E-state index >= 15 is 0 Å². The Kier molecular flexibility index (Phi) is 7.00. The Morgan fingerprint density at radius 3 is 2.25 bits per heavy atom. The minimum Gasteiger partial charge on any atom is -0.464 e. The third kappa shape index (κ3) is 5.16. The van der Waals surface area contributed by atoms with E-state index in [1.807, 2.05) is 0 Å². The van der Waals surface area contributed by atoms with Gasteiger partial charge >= 0.3 is 11.9 Å². The van der Waals surface area contributed by atoms with Gasteiger partial charge in [0.1, 0.15) is 0 Å². The lowest BCUT2D eigenvalue weighted by Gasteiger charge is -2.17. The van der Waals surface area contributed by atoms with Crippen molar-refractivity contribution in [2.45, 2.75) is 45.2 Å². The van der Waals surface area contributed by atoms with Gasteiger partial charge in [0.05, 0.1) is 13.2 Å². The lowest BCUT2D eigenvalue weighted by atomic mass is 10.1. The largest absolute Gasteiger partial charge is 0.464 e. The molecule has 0 aromatic carbocycles. The highest BCUT2D eigenvalue weighted by molar-refractivity contribution is 6.02. The van der Waals surface area contributed by atoms with Crippen LogP contribution in [0.15, 0.2) is 0 Å². The van der Waals surface area contributed by atoms with Gasteiger partial charge in [0.2, 0.25) is 11.9 Å². The lowest BCUT2D eigenvalue weighted by Crippen LogP contribution is -2.49. The average Bonchev–Trinajstić information content (AvgIpc) is 2.89. The maximum atomic E-state index is 11.9. The standard InChI is InChI=1S/C13H22N2O5/c1-3-19-12(17)11(13(18)20-4-2)15-10(16)8-9-6-5-7-14-9/h9,11,14H,3-8H2,1-2H3,(H,15,16). The molecule has 1 fully saturated rings. The Bertz CT molecular complexity index is 335. The van der Waals surface area contributed by atoms with Crippen molar-refractivity contribution in [2.75, 3.05) is 19.8 Å². The van der Waals surface area contributed by atoms with Gasteiger partial charge in [-0.1, -0.05) is 0 Å². The van der Waals surface area contributed by atoms with Gasteiger partial charge < -0.3 is 20.1 Å². The molecule has 1 aliphatic heterocycles. The highest BCUT2D eigenvalue weighted by atomic mass is 16.6. The molecule has 0 aromatic rings. The highest BCUT2D eigenvalue weighted by Crippen LogP contribution is 2.08. The van der Waals surface area contributed by atoms with E-state index in [2.05, 4.69) is 10.6 Å². The highest BCUT2D eigenvalue weighted by Gasteiger charge is 2.32. The zero-order valence-electron chi connectivity index (χ0n) is 11.9. The van der Waals surface area contributed by atoms with Crippen LogP contribution >= 0.6 is 0 Å². The van der Waals surface area contributed by atoms with E-state index in [9.17, 15) is 14.4 Å². The number of hydrogen-bond acceptors (Lipinski definition) is 6. The zero-order valence-corrected chi connectivity index (χ0v) is 11.9. The molecule has 1 unspecified atom stereocenters. The van der Waals surface area contributed by atoms with Crippen LogP contribution in [0.1, 0.15) is 33.1 Å². The number of amides is 1. The van der Waals surface area contributed by atoms with Crippen LogP contribution in [0.4, 0.5) is 0 Å². The van der Waals surface area contributed by atoms with Crippen LogP contribution in [0.5, 0.6) is 0 Å². The molecule has 1 atom stereocenters. The maximum absolute atomic E-state index is 11.9. The molecule has 7 nitrogen and oxygen atoms in total. The minimum atomic E-state index is -1.39. The van der Waals surface area contributed by atoms with Gasteiger partial charge in [-0.25, -0.2) is 9.59 Å². The number of ether oxygens (including phenoxy) is 2. The predicted molar refractivity (Wildman–Crippen MR) is 70.8 cm³/mol. The summed E-state index contributed by atoms with van der Waals surface area (Å²) in [6, 6.07) is -1.29. The molecule has 0 radical (unpaired) electrons. The molecule has 0 spiro atoms. The van der Waals surface area contributed by atoms with Gasteiger partial charge in [-0.15, -0.1) is 0 Å². The Balaban J connectivity index is 2.55. The van der Waals surface area contributed by atoms with E-state index in [0.29, 0.717) is 0 Å². The third-order valence-corrected chi connectivity index (χ3v) is 2.94. The summed E-state index contributed by atoms with van der Waals surface area (Å²) < 4.78 is 9.54. The van der Waals surface area contributed by atoms with E-state index in [1.54, 1.807) is 13.8 Å². The Hall–Kier alpha value is -1.63. The summed E-state index contributed by atoms with van der Waals surface area (Å²) in [5.41, 5.74) is 0. The number of hydrogen-bond donors (Lipinski definition) is 2. The van der Waals surface area contributed by atoms with Crippen LogP contribution in [0.25, 0.3) is 0 Å². The molecule has 0 bridgehead atoms. The Morgan fingerprint density at radius 2 is 1.80 bits per heavy atom. The fourth-order valence-electron chi connectivity index (χ4n) is 2.04. The van der Waals surface area contributed by atoms with E-state index in [4.69, 9.17) is 9.47 Å². The van der Waals surface area contributed by atoms with Crippen LogP contribution < -0.4 is 10.6 Å². The number of carbonyl (C=O) groups excluding carboxylic acids is 3. The Labute approximate surface area is 118 Å². The van der Waals surface area contributed by atoms with Crippen molar-refractivity contribution in [1.29, 1.82) is 0 Å². The van der Waals surface area contributed by atoms with Crippen molar-refractivity contribution in [3.63, 3.8) is 0 Å². The fraction of sp³-hybridized carbons (Fsp3) is 0.769. The van der Waals surface area contributed by atoms with E-state index in [-0.39, 0.29) is 31.6 Å². The minimum absolute atomic E-state index is 0.0973. The number of rotatable bonds is 7. The summed E-state index contributed by atoms with van der Waals surface area (Å²) in [4.78, 5) is 35.2. The topological polar surface area (TPSA) is 93.7 Å². The van der Waals surface area contributed by atoms with Crippen molar-refractivity contribution in [3.05, 3.63) is 0 Å². The average molecular weight is 286 g/mol. The van der Waals surface area contributed by atoms with Crippen LogP contribution in [0.3, 0.4) is 0 Å². The first-order valence-corrected chi connectivity index (χ1v) is 6.94. The summed E-state index contributed by atoms with van der Waals surface area (Å²) in [5, 5.41) is 5.56. The van der Waals surface area contributed by atoms with Crippen LogP contribution in [0, 0.1) is 0 Å². The number of esters is 2. The number of nitrogens with one attached hydrogen (secondary N) is 2. The van der Waals surface area contributed by atoms with Gasteiger partial charge in [0.25, 0.3) is 0 Å². The molecule has 20 heavy (non-hydrogen) atoms. The second kappa shape index (κ2) is 8.52. The molecule has 2 N–H and O–H groups in total. The number of carbonyl (C=O) groups is 3. The molecule has 1 saturated heterocycles. The third-order valence-electron chi connectivity index (χ3n) is 2.94. The first kappa shape index (κ1) is 16.4. The molecule has 1 aliphatic rings. The first-order valence-electron chi connectivity index (χ1n) is 6.94. The van der Waals surface area contributed by atoms with Crippen LogP contribution in [-0.2, 0) is 23.9 Å². The molecule has 0 aromatic heterocycles. The second-order valence-electron chi connectivity index (χ2n) is 4.50. The van der Waals surface area contributed by atoms with Gasteiger partial charge in [-0.3, -0.25) is 4.79 Å². The monoisotopic (exact) mass is 286 g/mol. The van der Waals surface area contributed by atoms with E-state index in [1.165, 1.54) is 0 Å². The summed E-state index contributed by atoms with van der Waals surface area (Å²) in [7, 11) is 0. The molecule has 0 aliphatic carbocycles. The summed E-state index contributed by atoms with van der Waals surface area (Å²) in [5.74, 6) is -1.95. The second-order valence-corrected chi connectivity index (χ2v) is 4.50. The summed E-state index contributed by atoms with van der Waals surface area (Å²) in [6.45, 7) is 4.41. The smallest absolute Gasteiger partial charge is 0.340 e. The van der Waals surface area contributed by atoms with Crippen molar-refractivity contribution >= 4 is 17.8 Å². The maximum Gasteiger partial charge on any atom is 0.340 e. The quantitative estimate of drug-likeness (QED) is 0.495. The SMILES string of the molecule is CCOC(=O)C(NC(=O)CC1CCCN1)C(=O)OCC. The summed E-state index contributed by atoms with van der Waals surface area (Å²) in [6.07, 6.45) is 2.17. The van der Waals surface area contributed by atoms with Crippen molar-refractivity contribution in [3.8, 4) is 0 Å². The zero-order chi connectivity index (χ0) is 15.0. The van der Waals surface area contributed by atoms with Crippen LogP contribution in [-0.4, -0.2) is 49.7 Å². The summed E-state index contributed by atoms with van der Waals surface area (Å²) >= 11 is 0. The normalized spacial score (nSPS) is 17.9. The van der Waals surface area contributed by atoms with Gasteiger partial charge in [-0.2, -0.15) is 0 Å².